The Hall–Kier alpha value is -0.510. The fourth-order valence-electron chi connectivity index (χ4n) is 2.13. The number of hydrogen-bond acceptors (Lipinski definition) is 3. The summed E-state index contributed by atoms with van der Waals surface area (Å²) in [7, 11) is 2.01. The van der Waals surface area contributed by atoms with Gasteiger partial charge in [-0.05, 0) is 38.4 Å². The summed E-state index contributed by atoms with van der Waals surface area (Å²) in [6, 6.07) is 6.76. The molecule has 17 heavy (non-hydrogen) atoms. The van der Waals surface area contributed by atoms with Crippen molar-refractivity contribution in [2.24, 2.45) is 0 Å². The minimum atomic E-state index is 0.724. The summed E-state index contributed by atoms with van der Waals surface area (Å²) in [5.41, 5.74) is 2.76. The molecule has 0 spiro atoms. The Kier molecular flexibility index (Phi) is 4.89. The summed E-state index contributed by atoms with van der Waals surface area (Å²) in [6.45, 7) is 4.95. The highest BCUT2D eigenvalue weighted by atomic mass is 32.2. The Bertz CT molecular complexity index is 361. The second-order valence-corrected chi connectivity index (χ2v) is 5.91. The first-order chi connectivity index (χ1) is 8.29. The molecule has 2 nitrogen and oxygen atoms in total. The Morgan fingerprint density at radius 1 is 1.35 bits per heavy atom. The summed E-state index contributed by atoms with van der Waals surface area (Å²) in [6.07, 6.45) is 2.36. The van der Waals surface area contributed by atoms with Gasteiger partial charge in [0, 0.05) is 29.9 Å². The highest BCUT2D eigenvalue weighted by Crippen LogP contribution is 2.32. The predicted octanol–water partition coefficient (Wildman–Crippen LogP) is 2.99. The van der Waals surface area contributed by atoms with Crippen molar-refractivity contribution in [2.45, 2.75) is 36.5 Å². The third kappa shape index (κ3) is 3.73. The molecule has 0 bridgehead atoms. The standard InChI is InChI=1S/C14H21NOS/c1-11-3-4-14(12(9-11)10-15-2)17-13-5-7-16-8-6-13/h3-4,9,13,15H,5-8,10H2,1-2H3. The fourth-order valence-corrected chi connectivity index (χ4v) is 3.34. The van der Waals surface area contributed by atoms with Crippen molar-refractivity contribution in [1.29, 1.82) is 0 Å². The van der Waals surface area contributed by atoms with Crippen LogP contribution in [0.2, 0.25) is 0 Å². The molecule has 1 aromatic carbocycles. The maximum absolute atomic E-state index is 5.41. The van der Waals surface area contributed by atoms with Gasteiger partial charge >= 0.3 is 0 Å². The van der Waals surface area contributed by atoms with E-state index >= 15 is 0 Å². The number of ether oxygens (including phenoxy) is 1. The molecule has 1 aromatic rings. The number of aryl methyl sites for hydroxylation is 1. The molecule has 3 heteroatoms. The number of rotatable bonds is 4. The topological polar surface area (TPSA) is 21.3 Å². The molecule has 0 radical (unpaired) electrons. The van der Waals surface area contributed by atoms with Crippen LogP contribution in [0.25, 0.3) is 0 Å². The highest BCUT2D eigenvalue weighted by Gasteiger charge is 2.16. The molecule has 0 unspecified atom stereocenters. The zero-order valence-electron chi connectivity index (χ0n) is 10.7. The van der Waals surface area contributed by atoms with Crippen LogP contribution in [0.5, 0.6) is 0 Å². The second kappa shape index (κ2) is 6.43. The van der Waals surface area contributed by atoms with E-state index in [1.807, 2.05) is 18.8 Å². The van der Waals surface area contributed by atoms with Gasteiger partial charge in [-0.1, -0.05) is 17.7 Å². The van der Waals surface area contributed by atoms with Gasteiger partial charge in [-0.25, -0.2) is 0 Å². The first-order valence-corrected chi connectivity index (χ1v) is 7.16. The molecule has 0 aliphatic carbocycles. The van der Waals surface area contributed by atoms with Crippen molar-refractivity contribution in [3.05, 3.63) is 29.3 Å². The van der Waals surface area contributed by atoms with Crippen molar-refractivity contribution in [3.63, 3.8) is 0 Å². The van der Waals surface area contributed by atoms with Gasteiger partial charge in [0.25, 0.3) is 0 Å². The summed E-state index contributed by atoms with van der Waals surface area (Å²) < 4.78 is 5.41. The molecule has 1 heterocycles. The van der Waals surface area contributed by atoms with Crippen LogP contribution in [0.3, 0.4) is 0 Å². The number of hydrogen-bond donors (Lipinski definition) is 1. The lowest BCUT2D eigenvalue weighted by molar-refractivity contribution is 0.1000. The van der Waals surface area contributed by atoms with E-state index in [9.17, 15) is 0 Å². The van der Waals surface area contributed by atoms with Gasteiger partial charge in [0.15, 0.2) is 0 Å². The van der Waals surface area contributed by atoms with Crippen LogP contribution in [-0.2, 0) is 11.3 Å². The summed E-state index contributed by atoms with van der Waals surface area (Å²) in [4.78, 5) is 1.43. The summed E-state index contributed by atoms with van der Waals surface area (Å²) in [5, 5.41) is 3.97. The van der Waals surface area contributed by atoms with Crippen molar-refractivity contribution in [1.82, 2.24) is 5.32 Å². The maximum Gasteiger partial charge on any atom is 0.0476 e. The fraction of sp³-hybridized carbons (Fsp3) is 0.571. The van der Waals surface area contributed by atoms with Crippen LogP contribution >= 0.6 is 11.8 Å². The van der Waals surface area contributed by atoms with Gasteiger partial charge in [-0.3, -0.25) is 0 Å². The Balaban J connectivity index is 2.07. The Morgan fingerprint density at radius 2 is 2.12 bits per heavy atom. The van der Waals surface area contributed by atoms with Crippen molar-refractivity contribution in [3.8, 4) is 0 Å². The molecule has 0 amide bonds. The Labute approximate surface area is 108 Å². The first-order valence-electron chi connectivity index (χ1n) is 6.28. The van der Waals surface area contributed by atoms with Crippen LogP contribution in [0, 0.1) is 6.92 Å². The predicted molar refractivity (Wildman–Crippen MR) is 73.6 cm³/mol. The molecule has 1 aliphatic heterocycles. The van der Waals surface area contributed by atoms with E-state index in [1.54, 1.807) is 0 Å². The monoisotopic (exact) mass is 251 g/mol. The molecule has 0 atom stereocenters. The molecule has 94 valence electrons. The minimum absolute atomic E-state index is 0.724. The maximum atomic E-state index is 5.41. The van der Waals surface area contributed by atoms with Crippen molar-refractivity contribution < 1.29 is 4.74 Å². The molecule has 2 rings (SSSR count). The van der Waals surface area contributed by atoms with E-state index in [4.69, 9.17) is 4.74 Å². The van der Waals surface area contributed by atoms with Gasteiger partial charge < -0.3 is 10.1 Å². The number of benzene rings is 1. The lowest BCUT2D eigenvalue weighted by Crippen LogP contribution is -2.17. The molecule has 1 N–H and O–H groups in total. The van der Waals surface area contributed by atoms with E-state index in [1.165, 1.54) is 28.9 Å². The van der Waals surface area contributed by atoms with Gasteiger partial charge in [-0.2, -0.15) is 0 Å². The van der Waals surface area contributed by atoms with E-state index in [-0.39, 0.29) is 0 Å². The lowest BCUT2D eigenvalue weighted by atomic mass is 10.1. The van der Waals surface area contributed by atoms with Crippen molar-refractivity contribution in [2.75, 3.05) is 20.3 Å². The molecule has 1 saturated heterocycles. The molecular formula is C14H21NOS. The average molecular weight is 251 g/mol. The molecule has 1 aliphatic rings. The van der Waals surface area contributed by atoms with E-state index in [2.05, 4.69) is 30.4 Å². The summed E-state index contributed by atoms with van der Waals surface area (Å²) in [5.74, 6) is 0. The van der Waals surface area contributed by atoms with E-state index in [0.717, 1.165) is 25.0 Å². The zero-order valence-corrected chi connectivity index (χ0v) is 11.5. The Morgan fingerprint density at radius 3 is 2.82 bits per heavy atom. The highest BCUT2D eigenvalue weighted by molar-refractivity contribution is 8.00. The average Bonchev–Trinajstić information content (AvgIpc) is 2.34. The third-order valence-electron chi connectivity index (χ3n) is 3.05. The minimum Gasteiger partial charge on any atom is -0.381 e. The molecule has 0 aromatic heterocycles. The van der Waals surface area contributed by atoms with Gasteiger partial charge in [0.2, 0.25) is 0 Å². The van der Waals surface area contributed by atoms with Gasteiger partial charge in [0.1, 0.15) is 0 Å². The largest absolute Gasteiger partial charge is 0.381 e. The van der Waals surface area contributed by atoms with Crippen LogP contribution in [-0.4, -0.2) is 25.5 Å². The number of nitrogens with one attached hydrogen (secondary N) is 1. The number of thioether (sulfide) groups is 1. The van der Waals surface area contributed by atoms with Gasteiger partial charge in [-0.15, -0.1) is 11.8 Å². The lowest BCUT2D eigenvalue weighted by Gasteiger charge is -2.22. The normalized spacial score (nSPS) is 17.3. The molecular weight excluding hydrogens is 230 g/mol. The van der Waals surface area contributed by atoms with E-state index < -0.39 is 0 Å². The SMILES string of the molecule is CNCc1cc(C)ccc1SC1CCOCC1. The molecule has 0 saturated carbocycles. The first kappa shape index (κ1) is 12.9. The van der Waals surface area contributed by atoms with Crippen LogP contribution in [0.1, 0.15) is 24.0 Å². The van der Waals surface area contributed by atoms with Crippen LogP contribution < -0.4 is 5.32 Å². The second-order valence-electron chi connectivity index (χ2n) is 4.57. The van der Waals surface area contributed by atoms with Crippen molar-refractivity contribution >= 4 is 11.8 Å². The molecule has 1 fully saturated rings. The quantitative estimate of drug-likeness (QED) is 0.889. The van der Waals surface area contributed by atoms with Crippen LogP contribution in [0.15, 0.2) is 23.1 Å². The van der Waals surface area contributed by atoms with Gasteiger partial charge in [0.05, 0.1) is 0 Å². The third-order valence-corrected chi connectivity index (χ3v) is 4.50. The summed E-state index contributed by atoms with van der Waals surface area (Å²) >= 11 is 2.02. The zero-order chi connectivity index (χ0) is 12.1. The van der Waals surface area contributed by atoms with Crippen LogP contribution in [0.4, 0.5) is 0 Å². The smallest absolute Gasteiger partial charge is 0.0476 e. The van der Waals surface area contributed by atoms with E-state index in [0.29, 0.717) is 0 Å².